The van der Waals surface area contributed by atoms with Crippen LogP contribution in [0.15, 0.2) is 48.5 Å². The maximum atomic E-state index is 13.5. The number of carboxylic acids is 1. The van der Waals surface area contributed by atoms with E-state index in [2.05, 4.69) is 10.1 Å². The second kappa shape index (κ2) is 10.2. The zero-order valence-electron chi connectivity index (χ0n) is 20.6. The van der Waals surface area contributed by atoms with Crippen LogP contribution in [0.1, 0.15) is 17.2 Å². The Bertz CT molecular complexity index is 1480. The smallest absolute Gasteiger partial charge is 0.480 e. The van der Waals surface area contributed by atoms with E-state index in [9.17, 15) is 51.2 Å². The van der Waals surface area contributed by atoms with Gasteiger partial charge in [0, 0.05) is 37.4 Å². The van der Waals surface area contributed by atoms with Crippen LogP contribution in [0.3, 0.4) is 0 Å². The number of benzene rings is 2. The lowest BCUT2D eigenvalue weighted by Gasteiger charge is -2.31. The number of hydrogen-bond donors (Lipinski definition) is 2. The van der Waals surface area contributed by atoms with Crippen molar-refractivity contribution in [3.05, 3.63) is 69.8 Å². The minimum absolute atomic E-state index is 0.0229. The molecule has 2 heterocycles. The number of amides is 2. The Hall–Kier alpha value is -4.05. The Labute approximate surface area is 224 Å². The largest absolute Gasteiger partial charge is 0.573 e. The second-order valence-corrected chi connectivity index (χ2v) is 11.8. The lowest BCUT2D eigenvalue weighted by Crippen LogP contribution is -2.57. The van der Waals surface area contributed by atoms with Gasteiger partial charge >= 0.3 is 12.3 Å². The molecule has 4 rings (SSSR count). The average Bonchev–Trinajstić information content (AvgIpc) is 3.31. The highest BCUT2D eigenvalue weighted by Crippen LogP contribution is 2.50. The lowest BCUT2D eigenvalue weighted by atomic mass is 9.76. The van der Waals surface area contributed by atoms with Crippen LogP contribution < -0.4 is 10.1 Å². The summed E-state index contributed by atoms with van der Waals surface area (Å²) in [5.41, 5.74) is -2.18. The molecule has 0 aromatic heterocycles. The third-order valence-corrected chi connectivity index (χ3v) is 7.82. The number of carbonyl (C=O) groups excluding carboxylic acids is 2. The van der Waals surface area contributed by atoms with E-state index in [0.29, 0.717) is 4.90 Å². The molecule has 2 aromatic carbocycles. The number of halogens is 3. The van der Waals surface area contributed by atoms with Crippen LogP contribution in [0.2, 0.25) is 0 Å². The first-order valence-electron chi connectivity index (χ1n) is 11.7. The van der Waals surface area contributed by atoms with Gasteiger partial charge in [0.25, 0.3) is 5.69 Å². The predicted molar refractivity (Wildman–Crippen MR) is 130 cm³/mol. The fourth-order valence-electron chi connectivity index (χ4n) is 5.22. The number of hydrogen-bond acceptors (Lipinski definition) is 9. The van der Waals surface area contributed by atoms with Crippen molar-refractivity contribution in [1.82, 2.24) is 10.2 Å². The standard InChI is InChI=1S/C24H22F3N3O9S/c1-40(37,38)10-9-29-20(31)17-18(21(29)32)23(22(33)34,12-13-5-7-15(8-6-13)30(35)36)28-19(17)14-3-2-4-16(11-14)39-24(25,26)27/h2-8,11,17-19,28H,9-10,12H2,1H3,(H,33,34). The molecule has 214 valence electrons. The van der Waals surface area contributed by atoms with Crippen LogP contribution in [-0.2, 0) is 30.6 Å². The van der Waals surface area contributed by atoms with E-state index in [-0.39, 0.29) is 16.8 Å². The number of alkyl halides is 3. The fraction of sp³-hybridized carbons (Fsp3) is 0.375. The number of rotatable bonds is 9. The van der Waals surface area contributed by atoms with Crippen LogP contribution >= 0.6 is 0 Å². The number of imide groups is 1. The topological polar surface area (TPSA) is 173 Å². The summed E-state index contributed by atoms with van der Waals surface area (Å²) in [5, 5.41) is 24.2. The first kappa shape index (κ1) is 28.9. The molecule has 0 radical (unpaired) electrons. The number of likely N-dealkylation sites (tertiary alicyclic amines) is 1. The minimum Gasteiger partial charge on any atom is -0.480 e. The SMILES string of the molecule is CS(=O)(=O)CCN1C(=O)C2C(c3cccc(OC(F)(F)F)c3)NC(Cc3ccc([N+](=O)[O-])cc3)(C(=O)O)C2C1=O. The van der Waals surface area contributed by atoms with Gasteiger partial charge in [-0.1, -0.05) is 24.3 Å². The summed E-state index contributed by atoms with van der Waals surface area (Å²) in [5.74, 6) is -7.62. The quantitative estimate of drug-likeness (QED) is 0.251. The number of nitrogens with zero attached hydrogens (tertiary/aromatic N) is 2. The highest BCUT2D eigenvalue weighted by atomic mass is 32.2. The van der Waals surface area contributed by atoms with Crippen LogP contribution in [-0.4, -0.2) is 71.6 Å². The van der Waals surface area contributed by atoms with Gasteiger partial charge in [-0.25, -0.2) is 8.42 Å². The van der Waals surface area contributed by atoms with Gasteiger partial charge in [-0.3, -0.25) is 34.7 Å². The third kappa shape index (κ3) is 5.62. The predicted octanol–water partition coefficient (Wildman–Crippen LogP) is 1.85. The number of sulfone groups is 1. The number of fused-ring (bicyclic) bond motifs is 1. The van der Waals surface area contributed by atoms with Gasteiger partial charge in [0.1, 0.15) is 21.1 Å². The number of nitrogens with one attached hydrogen (secondary N) is 1. The van der Waals surface area contributed by atoms with Crippen LogP contribution in [0.4, 0.5) is 18.9 Å². The minimum atomic E-state index is -5.04. The summed E-state index contributed by atoms with van der Waals surface area (Å²) >= 11 is 0. The summed E-state index contributed by atoms with van der Waals surface area (Å²) in [7, 11) is -3.63. The molecule has 12 nitrogen and oxygen atoms in total. The van der Waals surface area contributed by atoms with Crippen LogP contribution in [0.25, 0.3) is 0 Å². The van der Waals surface area contributed by atoms with Crippen molar-refractivity contribution < 1.29 is 50.7 Å². The normalized spacial score (nSPS) is 24.7. The molecular weight excluding hydrogens is 563 g/mol. The first-order valence-corrected chi connectivity index (χ1v) is 13.7. The number of carbonyl (C=O) groups is 3. The van der Waals surface area contributed by atoms with Gasteiger partial charge in [0.05, 0.1) is 22.5 Å². The van der Waals surface area contributed by atoms with E-state index in [1.165, 1.54) is 24.3 Å². The Morgan fingerprint density at radius 1 is 1.18 bits per heavy atom. The second-order valence-electron chi connectivity index (χ2n) is 9.58. The van der Waals surface area contributed by atoms with E-state index in [0.717, 1.165) is 30.5 Å². The molecule has 0 aliphatic carbocycles. The highest BCUT2D eigenvalue weighted by Gasteiger charge is 2.68. The number of aliphatic carboxylic acids is 1. The fourth-order valence-corrected chi connectivity index (χ4v) is 5.74. The lowest BCUT2D eigenvalue weighted by molar-refractivity contribution is -0.384. The van der Waals surface area contributed by atoms with Crippen molar-refractivity contribution in [2.45, 2.75) is 24.4 Å². The molecule has 2 fully saturated rings. The third-order valence-electron chi connectivity index (χ3n) is 6.89. The van der Waals surface area contributed by atoms with Crippen molar-refractivity contribution in [3.8, 4) is 5.75 Å². The van der Waals surface area contributed by atoms with E-state index in [1.54, 1.807) is 0 Å². The van der Waals surface area contributed by atoms with Crippen molar-refractivity contribution in [1.29, 1.82) is 0 Å². The zero-order valence-corrected chi connectivity index (χ0v) is 21.4. The monoisotopic (exact) mass is 585 g/mol. The van der Waals surface area contributed by atoms with E-state index < -0.39 is 86.8 Å². The summed E-state index contributed by atoms with van der Waals surface area (Å²) in [6.07, 6.45) is -4.58. The molecule has 4 atom stereocenters. The summed E-state index contributed by atoms with van der Waals surface area (Å²) in [6.45, 7) is -0.541. The molecule has 0 spiro atoms. The van der Waals surface area contributed by atoms with E-state index >= 15 is 0 Å². The number of non-ortho nitro benzene ring substituents is 1. The molecule has 2 N–H and O–H groups in total. The van der Waals surface area contributed by atoms with Crippen LogP contribution in [0, 0.1) is 22.0 Å². The maximum Gasteiger partial charge on any atom is 0.573 e. The van der Waals surface area contributed by atoms with Crippen molar-refractivity contribution in [2.75, 3.05) is 18.6 Å². The molecule has 0 bridgehead atoms. The molecular formula is C24H22F3N3O9S. The Morgan fingerprint density at radius 3 is 2.38 bits per heavy atom. The first-order chi connectivity index (χ1) is 18.5. The van der Waals surface area contributed by atoms with Crippen molar-refractivity contribution in [3.63, 3.8) is 0 Å². The molecule has 2 saturated heterocycles. The van der Waals surface area contributed by atoms with Crippen molar-refractivity contribution in [2.24, 2.45) is 11.8 Å². The Balaban J connectivity index is 1.80. The number of ether oxygens (including phenoxy) is 1. The van der Waals surface area contributed by atoms with Gasteiger partial charge in [-0.2, -0.15) is 0 Å². The molecule has 2 aromatic rings. The van der Waals surface area contributed by atoms with Gasteiger partial charge in [-0.15, -0.1) is 13.2 Å². The number of nitro benzene ring substituents is 1. The molecule has 2 amide bonds. The number of nitro groups is 1. The van der Waals surface area contributed by atoms with Gasteiger partial charge in [0.2, 0.25) is 11.8 Å². The van der Waals surface area contributed by atoms with Crippen molar-refractivity contribution >= 4 is 33.3 Å². The highest BCUT2D eigenvalue weighted by molar-refractivity contribution is 7.90. The van der Waals surface area contributed by atoms with Gasteiger partial charge in [0.15, 0.2) is 0 Å². The summed E-state index contributed by atoms with van der Waals surface area (Å²) in [6, 6.07) is 8.05. The van der Waals surface area contributed by atoms with Gasteiger partial charge < -0.3 is 9.84 Å². The maximum absolute atomic E-state index is 13.5. The Kier molecular flexibility index (Phi) is 7.36. The summed E-state index contributed by atoms with van der Waals surface area (Å²) in [4.78, 5) is 50.9. The number of carboxylic acid groups (broad SMARTS) is 1. The molecule has 2 aliphatic rings. The summed E-state index contributed by atoms with van der Waals surface area (Å²) < 4.78 is 66.0. The molecule has 0 saturated carbocycles. The van der Waals surface area contributed by atoms with E-state index in [1.807, 2.05) is 0 Å². The molecule has 4 unspecified atom stereocenters. The van der Waals surface area contributed by atoms with Gasteiger partial charge in [-0.05, 0) is 23.3 Å². The zero-order chi connectivity index (χ0) is 29.6. The van der Waals surface area contributed by atoms with E-state index in [4.69, 9.17) is 0 Å². The molecule has 16 heteroatoms. The average molecular weight is 586 g/mol. The Morgan fingerprint density at radius 2 is 1.82 bits per heavy atom. The molecule has 2 aliphatic heterocycles. The molecule has 40 heavy (non-hydrogen) atoms. The van der Waals surface area contributed by atoms with Crippen LogP contribution in [0.5, 0.6) is 5.75 Å².